The largest absolute Gasteiger partial charge is 0.444 e. The van der Waals surface area contributed by atoms with Crippen molar-refractivity contribution in [2.45, 2.75) is 49.0 Å². The molecule has 1 saturated heterocycles. The van der Waals surface area contributed by atoms with Gasteiger partial charge in [-0.15, -0.1) is 0 Å². The van der Waals surface area contributed by atoms with Crippen LogP contribution >= 0.6 is 31.9 Å². The van der Waals surface area contributed by atoms with Gasteiger partial charge >= 0.3 is 6.09 Å². The molecule has 17 heavy (non-hydrogen) atoms. The average Bonchev–Trinajstić information content (AvgIpc) is 2.61. The van der Waals surface area contributed by atoms with Gasteiger partial charge in [-0.1, -0.05) is 31.9 Å². The standard InChI is InChI=1S/C11H17Br2NO3/c1-11(2,3)17-10(16)14-6-4-5-7(14)8(15)9(12)13/h7,9H,4-6H2,1-3H3/t7-/m1/s1. The van der Waals surface area contributed by atoms with E-state index in [4.69, 9.17) is 4.74 Å². The summed E-state index contributed by atoms with van der Waals surface area (Å²) in [6, 6.07) is -0.381. The van der Waals surface area contributed by atoms with Crippen LogP contribution in [-0.4, -0.2) is 38.7 Å². The monoisotopic (exact) mass is 369 g/mol. The lowest BCUT2D eigenvalue weighted by Crippen LogP contribution is -2.44. The number of rotatable bonds is 2. The molecule has 1 aliphatic heterocycles. The van der Waals surface area contributed by atoms with E-state index in [1.807, 2.05) is 20.8 Å². The van der Waals surface area contributed by atoms with Gasteiger partial charge in [-0.3, -0.25) is 9.69 Å². The van der Waals surface area contributed by atoms with E-state index in [-0.39, 0.29) is 11.8 Å². The van der Waals surface area contributed by atoms with E-state index in [1.54, 1.807) is 0 Å². The summed E-state index contributed by atoms with van der Waals surface area (Å²) in [5.41, 5.74) is -0.532. The minimum atomic E-state index is -0.532. The van der Waals surface area contributed by atoms with Crippen LogP contribution in [-0.2, 0) is 9.53 Å². The van der Waals surface area contributed by atoms with E-state index in [1.165, 1.54) is 4.90 Å². The number of ether oxygens (including phenoxy) is 1. The minimum Gasteiger partial charge on any atom is -0.444 e. The molecule has 98 valence electrons. The lowest BCUT2D eigenvalue weighted by Gasteiger charge is -2.28. The van der Waals surface area contributed by atoms with E-state index in [9.17, 15) is 9.59 Å². The average molecular weight is 371 g/mol. The Morgan fingerprint density at radius 2 is 1.94 bits per heavy atom. The number of alkyl halides is 2. The Morgan fingerprint density at radius 3 is 2.41 bits per heavy atom. The van der Waals surface area contributed by atoms with Gasteiger partial charge in [-0.05, 0) is 33.6 Å². The number of halogens is 2. The van der Waals surface area contributed by atoms with Crippen LogP contribution in [0.5, 0.6) is 0 Å². The second-order valence-electron chi connectivity index (χ2n) is 5.03. The van der Waals surface area contributed by atoms with Crippen LogP contribution in [0, 0.1) is 0 Å². The third-order valence-corrected chi connectivity index (χ3v) is 3.33. The summed E-state index contributed by atoms with van der Waals surface area (Å²) < 4.78 is 4.87. The number of hydrogen-bond donors (Lipinski definition) is 0. The fourth-order valence-electron chi connectivity index (χ4n) is 1.75. The van der Waals surface area contributed by atoms with Crippen LogP contribution in [0.2, 0.25) is 0 Å². The van der Waals surface area contributed by atoms with Gasteiger partial charge < -0.3 is 4.74 Å². The molecule has 1 heterocycles. The van der Waals surface area contributed by atoms with Crippen molar-refractivity contribution in [3.8, 4) is 0 Å². The van der Waals surface area contributed by atoms with Crippen LogP contribution in [0.4, 0.5) is 4.79 Å². The Balaban J connectivity index is 2.70. The van der Waals surface area contributed by atoms with E-state index in [2.05, 4.69) is 31.9 Å². The summed E-state index contributed by atoms with van der Waals surface area (Å²) in [7, 11) is 0. The Hall–Kier alpha value is -0.100. The molecule has 0 saturated carbocycles. The van der Waals surface area contributed by atoms with E-state index in [0.717, 1.165) is 6.42 Å². The van der Waals surface area contributed by atoms with Gasteiger partial charge in [0.25, 0.3) is 0 Å². The highest BCUT2D eigenvalue weighted by Crippen LogP contribution is 2.25. The molecule has 0 aromatic heterocycles. The second kappa shape index (κ2) is 5.69. The van der Waals surface area contributed by atoms with Crippen molar-refractivity contribution in [1.29, 1.82) is 0 Å². The number of hydrogen-bond acceptors (Lipinski definition) is 3. The molecule has 1 amide bonds. The first-order valence-corrected chi connectivity index (χ1v) is 7.37. The number of ketones is 1. The molecule has 1 fully saturated rings. The van der Waals surface area contributed by atoms with Crippen molar-refractivity contribution >= 4 is 43.7 Å². The quantitative estimate of drug-likeness (QED) is 0.701. The van der Waals surface area contributed by atoms with Crippen molar-refractivity contribution in [2.24, 2.45) is 0 Å². The molecule has 4 nitrogen and oxygen atoms in total. The maximum atomic E-state index is 11.9. The van der Waals surface area contributed by atoms with Crippen molar-refractivity contribution in [3.63, 3.8) is 0 Å². The predicted molar refractivity (Wildman–Crippen MR) is 72.6 cm³/mol. The van der Waals surface area contributed by atoms with Crippen LogP contribution in [0.1, 0.15) is 33.6 Å². The van der Waals surface area contributed by atoms with Crippen LogP contribution < -0.4 is 0 Å². The third kappa shape index (κ3) is 4.25. The highest BCUT2D eigenvalue weighted by Gasteiger charge is 2.37. The van der Waals surface area contributed by atoms with Crippen molar-refractivity contribution in [1.82, 2.24) is 4.90 Å². The van der Waals surface area contributed by atoms with Crippen LogP contribution in [0.25, 0.3) is 0 Å². The predicted octanol–water partition coefficient (Wildman–Crippen LogP) is 3.07. The molecule has 6 heteroatoms. The molecular weight excluding hydrogens is 354 g/mol. The Bertz CT molecular complexity index is 312. The molecule has 0 radical (unpaired) electrons. The van der Waals surface area contributed by atoms with Crippen molar-refractivity contribution in [3.05, 3.63) is 0 Å². The van der Waals surface area contributed by atoms with Gasteiger partial charge in [0, 0.05) is 6.54 Å². The first-order valence-electron chi connectivity index (χ1n) is 5.54. The zero-order valence-electron chi connectivity index (χ0n) is 10.2. The normalized spacial score (nSPS) is 20.8. The van der Waals surface area contributed by atoms with Crippen molar-refractivity contribution in [2.75, 3.05) is 6.54 Å². The van der Waals surface area contributed by atoms with Gasteiger partial charge in [0.15, 0.2) is 5.78 Å². The molecule has 0 bridgehead atoms. The summed E-state index contributed by atoms with van der Waals surface area (Å²) in [5, 5.41) is 0. The van der Waals surface area contributed by atoms with Gasteiger partial charge in [0.05, 0.1) is 6.04 Å². The van der Waals surface area contributed by atoms with E-state index in [0.29, 0.717) is 13.0 Å². The Kier molecular flexibility index (Phi) is 5.01. The molecular formula is C11H17Br2NO3. The van der Waals surface area contributed by atoms with Gasteiger partial charge in [-0.25, -0.2) is 4.79 Å². The maximum absolute atomic E-state index is 11.9. The smallest absolute Gasteiger partial charge is 0.410 e. The van der Waals surface area contributed by atoms with Gasteiger partial charge in [-0.2, -0.15) is 0 Å². The fraction of sp³-hybridized carbons (Fsp3) is 0.818. The molecule has 1 rings (SSSR count). The zero-order valence-corrected chi connectivity index (χ0v) is 13.4. The summed E-state index contributed by atoms with van der Waals surface area (Å²) >= 11 is 6.35. The number of likely N-dealkylation sites (tertiary alicyclic amines) is 1. The highest BCUT2D eigenvalue weighted by atomic mass is 79.9. The van der Waals surface area contributed by atoms with Crippen LogP contribution in [0.15, 0.2) is 0 Å². The molecule has 0 spiro atoms. The minimum absolute atomic E-state index is 0.0339. The Morgan fingerprint density at radius 1 is 1.35 bits per heavy atom. The van der Waals surface area contributed by atoms with E-state index < -0.39 is 15.4 Å². The Labute approximate surface area is 118 Å². The molecule has 0 N–H and O–H groups in total. The number of nitrogens with zero attached hydrogens (tertiary/aromatic N) is 1. The SMILES string of the molecule is CC(C)(C)OC(=O)N1CCC[C@@H]1C(=O)C(Br)Br. The topological polar surface area (TPSA) is 46.6 Å². The summed E-state index contributed by atoms with van der Waals surface area (Å²) in [5.74, 6) is -0.0339. The van der Waals surface area contributed by atoms with Gasteiger partial charge in [0.1, 0.15) is 9.34 Å². The van der Waals surface area contributed by atoms with Crippen LogP contribution in [0.3, 0.4) is 0 Å². The number of carbonyl (C=O) groups excluding carboxylic acids is 2. The molecule has 0 aliphatic carbocycles. The lowest BCUT2D eigenvalue weighted by molar-refractivity contribution is -0.121. The number of amides is 1. The summed E-state index contributed by atoms with van der Waals surface area (Å²) in [6.07, 6.45) is 1.13. The van der Waals surface area contributed by atoms with Crippen molar-refractivity contribution < 1.29 is 14.3 Å². The highest BCUT2D eigenvalue weighted by molar-refractivity contribution is 9.25. The summed E-state index contributed by atoms with van der Waals surface area (Å²) in [4.78, 5) is 25.3. The fourth-order valence-corrected chi connectivity index (χ4v) is 2.36. The third-order valence-electron chi connectivity index (χ3n) is 2.42. The van der Waals surface area contributed by atoms with Gasteiger partial charge in [0.2, 0.25) is 0 Å². The first-order chi connectivity index (χ1) is 7.72. The molecule has 1 aliphatic rings. The molecule has 0 aromatic carbocycles. The maximum Gasteiger partial charge on any atom is 0.410 e. The molecule has 0 unspecified atom stereocenters. The first kappa shape index (κ1) is 15.0. The van der Waals surface area contributed by atoms with E-state index >= 15 is 0 Å². The zero-order chi connectivity index (χ0) is 13.2. The summed E-state index contributed by atoms with van der Waals surface area (Å²) in [6.45, 7) is 6.03. The second-order valence-corrected chi connectivity index (χ2v) is 8.09. The number of Topliss-reactive ketones (excluding diaryl/α,β-unsaturated/α-hetero) is 1. The molecule has 0 aromatic rings. The lowest BCUT2D eigenvalue weighted by atomic mass is 10.1. The molecule has 1 atom stereocenters. The number of carbonyl (C=O) groups is 2.